The number of carbonyl (C=O) groups excluding carboxylic acids is 2. The summed E-state index contributed by atoms with van der Waals surface area (Å²) in [4.78, 5) is 24.3. The number of rotatable bonds is 5. The number of nitrogens with zero attached hydrogens (tertiary/aromatic N) is 2. The fraction of sp³-hybridized carbons (Fsp3) is 0.450. The largest absolute Gasteiger partial charge is 0.376 e. The van der Waals surface area contributed by atoms with Crippen molar-refractivity contribution in [3.05, 3.63) is 47.3 Å². The normalized spacial score (nSPS) is 11.4. The molecule has 2 aromatic rings. The van der Waals surface area contributed by atoms with Crippen LogP contribution in [0, 0.1) is 6.92 Å². The Hall–Kier alpha value is -2.83. The van der Waals surface area contributed by atoms with E-state index in [9.17, 15) is 9.59 Å². The molecule has 1 aromatic carbocycles. The van der Waals surface area contributed by atoms with Crippen LogP contribution < -0.4 is 16.2 Å². The molecule has 7 heteroatoms. The van der Waals surface area contributed by atoms with Crippen LogP contribution in [0.3, 0.4) is 0 Å². The number of nitrogens with one attached hydrogen (secondary N) is 3. The molecule has 0 aliphatic rings. The van der Waals surface area contributed by atoms with Crippen LogP contribution in [0.4, 0.5) is 5.69 Å². The second kappa shape index (κ2) is 8.24. The van der Waals surface area contributed by atoms with E-state index in [0.717, 1.165) is 16.9 Å². The lowest BCUT2D eigenvalue weighted by molar-refractivity contribution is -0.120. The molecule has 0 bridgehead atoms. The lowest BCUT2D eigenvalue weighted by atomic mass is 10.1. The summed E-state index contributed by atoms with van der Waals surface area (Å²) in [6.45, 7) is 12.3. The fourth-order valence-corrected chi connectivity index (χ4v) is 2.54. The van der Waals surface area contributed by atoms with E-state index in [1.165, 1.54) is 0 Å². The summed E-state index contributed by atoms with van der Waals surface area (Å²) < 4.78 is 1.85. The number of anilines is 1. The van der Waals surface area contributed by atoms with Gasteiger partial charge < -0.3 is 5.32 Å². The zero-order valence-electron chi connectivity index (χ0n) is 16.9. The second-order valence-corrected chi connectivity index (χ2v) is 7.91. The van der Waals surface area contributed by atoms with Crippen molar-refractivity contribution in [1.82, 2.24) is 20.6 Å². The van der Waals surface area contributed by atoms with Gasteiger partial charge in [0.1, 0.15) is 0 Å². The Balaban J connectivity index is 1.93. The summed E-state index contributed by atoms with van der Waals surface area (Å²) in [5, 5.41) is 7.42. The number of hydrogen-bond acceptors (Lipinski definition) is 4. The highest BCUT2D eigenvalue weighted by atomic mass is 16.2. The summed E-state index contributed by atoms with van der Waals surface area (Å²) in [6, 6.07) is 9.48. The zero-order chi connectivity index (χ0) is 20.2. The minimum absolute atomic E-state index is 0.0526. The minimum Gasteiger partial charge on any atom is -0.376 e. The van der Waals surface area contributed by atoms with E-state index in [1.54, 1.807) is 6.07 Å². The highest BCUT2D eigenvalue weighted by Crippen LogP contribution is 2.23. The molecule has 0 saturated heterocycles. The first-order valence-corrected chi connectivity index (χ1v) is 9.08. The van der Waals surface area contributed by atoms with E-state index in [-0.39, 0.29) is 29.6 Å². The minimum atomic E-state index is -0.441. The van der Waals surface area contributed by atoms with Crippen LogP contribution >= 0.6 is 0 Å². The number of aryl methyl sites for hydroxylation is 1. The highest BCUT2D eigenvalue weighted by Gasteiger charge is 2.23. The van der Waals surface area contributed by atoms with E-state index >= 15 is 0 Å². The molecule has 0 unspecified atom stereocenters. The maximum absolute atomic E-state index is 12.4. The molecule has 7 nitrogen and oxygen atoms in total. The summed E-state index contributed by atoms with van der Waals surface area (Å²) in [5.41, 5.74) is 7.83. The summed E-state index contributed by atoms with van der Waals surface area (Å²) >= 11 is 0. The van der Waals surface area contributed by atoms with Crippen LogP contribution in [0.15, 0.2) is 30.3 Å². The Morgan fingerprint density at radius 2 is 1.74 bits per heavy atom. The van der Waals surface area contributed by atoms with Crippen molar-refractivity contribution in [1.29, 1.82) is 0 Å². The van der Waals surface area contributed by atoms with Crippen molar-refractivity contribution in [2.24, 2.45) is 0 Å². The number of benzene rings is 1. The fourth-order valence-electron chi connectivity index (χ4n) is 2.54. The summed E-state index contributed by atoms with van der Waals surface area (Å²) in [5.74, 6) is -0.557. The van der Waals surface area contributed by atoms with Crippen molar-refractivity contribution in [2.45, 2.75) is 53.0 Å². The Bertz CT molecular complexity index is 801. The number of hydrogen-bond donors (Lipinski definition) is 3. The van der Waals surface area contributed by atoms with Crippen molar-refractivity contribution in [3.63, 3.8) is 0 Å². The Kier molecular flexibility index (Phi) is 6.25. The molecule has 0 atom stereocenters. The van der Waals surface area contributed by atoms with E-state index in [1.807, 2.05) is 56.6 Å². The van der Waals surface area contributed by atoms with Gasteiger partial charge in [0.2, 0.25) is 0 Å². The SMILES string of the molecule is Cc1ccc(NCC(=O)NNC(=O)c2cc(C(C)C)n(C(C)(C)C)n2)cc1. The third-order valence-electron chi connectivity index (χ3n) is 4.02. The second-order valence-electron chi connectivity index (χ2n) is 7.91. The first kappa shape index (κ1) is 20.5. The predicted molar refractivity (Wildman–Crippen MR) is 107 cm³/mol. The van der Waals surface area contributed by atoms with Crippen molar-refractivity contribution < 1.29 is 9.59 Å². The first-order valence-electron chi connectivity index (χ1n) is 9.08. The van der Waals surface area contributed by atoms with Gasteiger partial charge in [-0.05, 0) is 51.8 Å². The smallest absolute Gasteiger partial charge is 0.290 e. The molecule has 0 aliphatic carbocycles. The average molecular weight is 371 g/mol. The quantitative estimate of drug-likeness (QED) is 0.705. The third-order valence-corrected chi connectivity index (χ3v) is 4.02. The maximum atomic E-state index is 12.4. The van der Waals surface area contributed by atoms with Crippen LogP contribution in [-0.4, -0.2) is 28.1 Å². The molecule has 0 radical (unpaired) electrons. The molecule has 2 amide bonds. The lowest BCUT2D eigenvalue weighted by Gasteiger charge is -2.23. The molecule has 0 fully saturated rings. The summed E-state index contributed by atoms with van der Waals surface area (Å²) in [7, 11) is 0. The van der Waals surface area contributed by atoms with Crippen molar-refractivity contribution >= 4 is 17.5 Å². The van der Waals surface area contributed by atoms with Crippen molar-refractivity contribution in [3.8, 4) is 0 Å². The van der Waals surface area contributed by atoms with Crippen LogP contribution in [0.1, 0.15) is 62.3 Å². The van der Waals surface area contributed by atoms with Gasteiger partial charge in [0.15, 0.2) is 5.69 Å². The first-order chi connectivity index (χ1) is 12.6. The number of aromatic nitrogens is 2. The number of hydrazine groups is 1. The van der Waals surface area contributed by atoms with Gasteiger partial charge >= 0.3 is 0 Å². The van der Waals surface area contributed by atoms with E-state index < -0.39 is 5.91 Å². The molecule has 0 aliphatic heterocycles. The Labute approximate surface area is 160 Å². The monoisotopic (exact) mass is 371 g/mol. The maximum Gasteiger partial charge on any atom is 0.290 e. The molecule has 27 heavy (non-hydrogen) atoms. The van der Waals surface area contributed by atoms with Gasteiger partial charge in [-0.3, -0.25) is 25.1 Å². The topological polar surface area (TPSA) is 88.0 Å². The molecule has 0 spiro atoms. The van der Waals surface area contributed by atoms with E-state index in [0.29, 0.717) is 0 Å². The molecule has 1 heterocycles. The molecule has 2 rings (SSSR count). The van der Waals surface area contributed by atoms with Crippen LogP contribution in [-0.2, 0) is 10.3 Å². The van der Waals surface area contributed by atoms with Gasteiger partial charge in [-0.2, -0.15) is 5.10 Å². The molecule has 1 aromatic heterocycles. The summed E-state index contributed by atoms with van der Waals surface area (Å²) in [6.07, 6.45) is 0. The van der Waals surface area contributed by atoms with Gasteiger partial charge in [0.25, 0.3) is 11.8 Å². The zero-order valence-corrected chi connectivity index (χ0v) is 16.9. The molecule has 146 valence electrons. The number of carbonyl (C=O) groups is 2. The average Bonchev–Trinajstić information content (AvgIpc) is 3.05. The highest BCUT2D eigenvalue weighted by molar-refractivity contribution is 5.94. The molecule has 3 N–H and O–H groups in total. The van der Waals surface area contributed by atoms with Crippen LogP contribution in [0.5, 0.6) is 0 Å². The molecular formula is C20H29N5O2. The van der Waals surface area contributed by atoms with Crippen molar-refractivity contribution in [2.75, 3.05) is 11.9 Å². The van der Waals surface area contributed by atoms with Gasteiger partial charge in [0.05, 0.1) is 12.1 Å². The molecular weight excluding hydrogens is 342 g/mol. The van der Waals surface area contributed by atoms with E-state index in [2.05, 4.69) is 35.1 Å². The van der Waals surface area contributed by atoms with Crippen LogP contribution in [0.2, 0.25) is 0 Å². The Morgan fingerprint density at radius 3 is 2.26 bits per heavy atom. The van der Waals surface area contributed by atoms with Gasteiger partial charge in [-0.25, -0.2) is 0 Å². The van der Waals surface area contributed by atoms with Gasteiger partial charge in [-0.15, -0.1) is 0 Å². The van der Waals surface area contributed by atoms with E-state index in [4.69, 9.17) is 0 Å². The lowest BCUT2D eigenvalue weighted by Crippen LogP contribution is -2.44. The van der Waals surface area contributed by atoms with Gasteiger partial charge in [0, 0.05) is 11.4 Å². The standard InChI is InChI=1S/C20H29N5O2/c1-13(2)17-11-16(24-25(17)20(4,5)6)19(27)23-22-18(26)12-21-15-9-7-14(3)8-10-15/h7-11,13,21H,12H2,1-6H3,(H,22,26)(H,23,27). The predicted octanol–water partition coefficient (Wildman–Crippen LogP) is 2.94. The third kappa shape index (κ3) is 5.57. The molecule has 0 saturated carbocycles. The Morgan fingerprint density at radius 1 is 1.11 bits per heavy atom. The number of amides is 2. The van der Waals surface area contributed by atoms with Crippen LogP contribution in [0.25, 0.3) is 0 Å². The van der Waals surface area contributed by atoms with Gasteiger partial charge in [-0.1, -0.05) is 31.5 Å².